The van der Waals surface area contributed by atoms with Gasteiger partial charge in [0.1, 0.15) is 18.4 Å². The van der Waals surface area contributed by atoms with Gasteiger partial charge in [0.15, 0.2) is 0 Å². The lowest BCUT2D eigenvalue weighted by Gasteiger charge is -2.17. The van der Waals surface area contributed by atoms with Gasteiger partial charge in [-0.1, -0.05) is 42.5 Å². The Morgan fingerprint density at radius 3 is 2.31 bits per heavy atom. The number of nitrogens with one attached hydrogen (secondary N) is 1. The molecule has 26 heavy (non-hydrogen) atoms. The number of benzene rings is 2. The van der Waals surface area contributed by atoms with Crippen LogP contribution in [-0.2, 0) is 27.3 Å². The van der Waals surface area contributed by atoms with Crippen molar-refractivity contribution in [3.05, 3.63) is 65.7 Å². The monoisotopic (exact) mass is 357 g/mol. The number of methoxy groups -OCH3 is 1. The molecule has 1 amide bonds. The maximum absolute atomic E-state index is 12.0. The fourth-order valence-electron chi connectivity index (χ4n) is 2.37. The molecule has 0 aromatic heterocycles. The maximum Gasteiger partial charge on any atom is 0.408 e. The highest BCUT2D eigenvalue weighted by molar-refractivity contribution is 5.81. The fourth-order valence-corrected chi connectivity index (χ4v) is 2.37. The lowest BCUT2D eigenvalue weighted by Crippen LogP contribution is -2.43. The van der Waals surface area contributed by atoms with Gasteiger partial charge in [-0.05, 0) is 30.2 Å². The van der Waals surface area contributed by atoms with Crippen LogP contribution in [0.1, 0.15) is 18.1 Å². The summed E-state index contributed by atoms with van der Waals surface area (Å²) in [6.07, 6.45) is -0.380. The van der Waals surface area contributed by atoms with Crippen LogP contribution in [0.15, 0.2) is 54.6 Å². The normalized spacial score (nSPS) is 11.3. The van der Waals surface area contributed by atoms with E-state index < -0.39 is 18.1 Å². The number of hydrogen-bond donors (Lipinski definition) is 1. The van der Waals surface area contributed by atoms with Gasteiger partial charge in [0.2, 0.25) is 0 Å². The standard InChI is InChI=1S/C20H23NO5/c1-3-25-17-11-9-15(10-12-17)13-18(19(22)24-2)21-20(23)26-14-16-7-5-4-6-8-16/h4-12,18H,3,13-14H2,1-2H3,(H,21,23)/t18-/m0/s1. The summed E-state index contributed by atoms with van der Waals surface area (Å²) in [6.45, 7) is 2.62. The first kappa shape index (κ1) is 19.3. The van der Waals surface area contributed by atoms with Crippen LogP contribution in [0.2, 0.25) is 0 Å². The molecule has 2 rings (SSSR count). The first-order valence-electron chi connectivity index (χ1n) is 8.39. The predicted octanol–water partition coefficient (Wildman–Crippen LogP) is 3.10. The van der Waals surface area contributed by atoms with E-state index in [-0.39, 0.29) is 6.61 Å². The van der Waals surface area contributed by atoms with Gasteiger partial charge in [0.05, 0.1) is 13.7 Å². The molecule has 0 unspecified atom stereocenters. The molecule has 0 saturated carbocycles. The number of hydrogen-bond acceptors (Lipinski definition) is 5. The van der Waals surface area contributed by atoms with Crippen molar-refractivity contribution in [1.82, 2.24) is 5.32 Å². The lowest BCUT2D eigenvalue weighted by molar-refractivity contribution is -0.143. The summed E-state index contributed by atoms with van der Waals surface area (Å²) in [6, 6.07) is 15.8. The molecule has 0 aliphatic rings. The number of amides is 1. The molecule has 2 aromatic rings. The topological polar surface area (TPSA) is 73.9 Å². The van der Waals surface area contributed by atoms with Crippen molar-refractivity contribution >= 4 is 12.1 Å². The van der Waals surface area contributed by atoms with E-state index in [1.165, 1.54) is 7.11 Å². The molecule has 0 aliphatic carbocycles. The van der Waals surface area contributed by atoms with E-state index >= 15 is 0 Å². The highest BCUT2D eigenvalue weighted by Gasteiger charge is 2.22. The van der Waals surface area contributed by atoms with Crippen LogP contribution in [0.5, 0.6) is 5.75 Å². The second kappa shape index (κ2) is 10.1. The zero-order valence-corrected chi connectivity index (χ0v) is 14.9. The van der Waals surface area contributed by atoms with Gasteiger partial charge in [-0.15, -0.1) is 0 Å². The molecule has 0 aliphatic heterocycles. The minimum absolute atomic E-state index is 0.129. The molecule has 2 aromatic carbocycles. The fraction of sp³-hybridized carbons (Fsp3) is 0.300. The quantitative estimate of drug-likeness (QED) is 0.735. The minimum Gasteiger partial charge on any atom is -0.494 e. The Morgan fingerprint density at radius 1 is 1.00 bits per heavy atom. The Bertz CT molecular complexity index is 700. The number of carbonyl (C=O) groups is 2. The Morgan fingerprint density at radius 2 is 1.69 bits per heavy atom. The van der Waals surface area contributed by atoms with E-state index in [2.05, 4.69) is 5.32 Å². The van der Waals surface area contributed by atoms with Crippen molar-refractivity contribution in [3.63, 3.8) is 0 Å². The smallest absolute Gasteiger partial charge is 0.408 e. The van der Waals surface area contributed by atoms with Gasteiger partial charge in [0, 0.05) is 6.42 Å². The average molecular weight is 357 g/mol. The molecule has 1 N–H and O–H groups in total. The molecule has 138 valence electrons. The third kappa shape index (κ3) is 6.12. The summed E-state index contributed by atoms with van der Waals surface area (Å²) in [5.74, 6) is 0.219. The minimum atomic E-state index is -0.832. The molecular weight excluding hydrogens is 334 g/mol. The molecule has 0 bridgehead atoms. The van der Waals surface area contributed by atoms with E-state index in [0.717, 1.165) is 16.9 Å². The number of esters is 1. The predicted molar refractivity (Wildman–Crippen MR) is 96.9 cm³/mol. The van der Waals surface area contributed by atoms with Gasteiger partial charge in [0.25, 0.3) is 0 Å². The van der Waals surface area contributed by atoms with Crippen molar-refractivity contribution in [2.24, 2.45) is 0 Å². The molecule has 0 spiro atoms. The van der Waals surface area contributed by atoms with E-state index in [9.17, 15) is 9.59 Å². The highest BCUT2D eigenvalue weighted by atomic mass is 16.6. The number of carbonyl (C=O) groups excluding carboxylic acids is 2. The average Bonchev–Trinajstić information content (AvgIpc) is 2.67. The summed E-state index contributed by atoms with van der Waals surface area (Å²) in [4.78, 5) is 24.0. The van der Waals surface area contributed by atoms with Crippen molar-refractivity contribution in [3.8, 4) is 5.75 Å². The van der Waals surface area contributed by atoms with Gasteiger partial charge in [-0.3, -0.25) is 0 Å². The molecule has 0 saturated heterocycles. The summed E-state index contributed by atoms with van der Waals surface area (Å²) in [7, 11) is 1.28. The molecule has 1 atom stereocenters. The Labute approximate surface area is 153 Å². The zero-order chi connectivity index (χ0) is 18.8. The maximum atomic E-state index is 12.0. The SMILES string of the molecule is CCOc1ccc(C[C@H](NC(=O)OCc2ccccc2)C(=O)OC)cc1. The van der Waals surface area contributed by atoms with Crippen molar-refractivity contribution in [1.29, 1.82) is 0 Å². The number of rotatable bonds is 8. The first-order chi connectivity index (χ1) is 12.6. The largest absolute Gasteiger partial charge is 0.494 e. The Kier molecular flexibility index (Phi) is 7.49. The summed E-state index contributed by atoms with van der Waals surface area (Å²) < 4.78 is 15.3. The highest BCUT2D eigenvalue weighted by Crippen LogP contribution is 2.14. The summed E-state index contributed by atoms with van der Waals surface area (Å²) in [5, 5.41) is 2.56. The first-order valence-corrected chi connectivity index (χ1v) is 8.39. The van der Waals surface area contributed by atoms with Gasteiger partial charge < -0.3 is 19.5 Å². The van der Waals surface area contributed by atoms with E-state index in [4.69, 9.17) is 14.2 Å². The third-order valence-corrected chi connectivity index (χ3v) is 3.66. The molecule has 0 fully saturated rings. The van der Waals surface area contributed by atoms with Crippen LogP contribution < -0.4 is 10.1 Å². The molecule has 6 nitrogen and oxygen atoms in total. The lowest BCUT2D eigenvalue weighted by atomic mass is 10.1. The second-order valence-corrected chi connectivity index (χ2v) is 5.56. The van der Waals surface area contributed by atoms with Crippen molar-refractivity contribution in [2.75, 3.05) is 13.7 Å². The zero-order valence-electron chi connectivity index (χ0n) is 14.9. The molecule has 6 heteroatoms. The van der Waals surface area contributed by atoms with Crippen LogP contribution in [0.4, 0.5) is 4.79 Å². The third-order valence-electron chi connectivity index (χ3n) is 3.66. The Balaban J connectivity index is 1.93. The van der Waals surface area contributed by atoms with Crippen molar-refractivity contribution in [2.45, 2.75) is 26.0 Å². The van der Waals surface area contributed by atoms with Gasteiger partial charge in [-0.2, -0.15) is 0 Å². The summed E-state index contributed by atoms with van der Waals surface area (Å²) in [5.41, 5.74) is 1.73. The molecular formula is C20H23NO5. The van der Waals surface area contributed by atoms with Crippen LogP contribution in [-0.4, -0.2) is 31.8 Å². The van der Waals surface area contributed by atoms with Crippen LogP contribution in [0.3, 0.4) is 0 Å². The van der Waals surface area contributed by atoms with Crippen LogP contribution >= 0.6 is 0 Å². The number of ether oxygens (including phenoxy) is 3. The van der Waals surface area contributed by atoms with E-state index in [0.29, 0.717) is 13.0 Å². The molecule has 0 radical (unpaired) electrons. The number of alkyl carbamates (subject to hydrolysis) is 1. The van der Waals surface area contributed by atoms with Crippen molar-refractivity contribution < 1.29 is 23.8 Å². The van der Waals surface area contributed by atoms with E-state index in [1.54, 1.807) is 0 Å². The van der Waals surface area contributed by atoms with Crippen LogP contribution in [0, 0.1) is 0 Å². The van der Waals surface area contributed by atoms with Gasteiger partial charge >= 0.3 is 12.1 Å². The second-order valence-electron chi connectivity index (χ2n) is 5.56. The van der Waals surface area contributed by atoms with Crippen LogP contribution in [0.25, 0.3) is 0 Å². The van der Waals surface area contributed by atoms with Gasteiger partial charge in [-0.25, -0.2) is 9.59 Å². The van der Waals surface area contributed by atoms with E-state index in [1.807, 2.05) is 61.5 Å². The Hall–Kier alpha value is -3.02. The summed E-state index contributed by atoms with van der Waals surface area (Å²) >= 11 is 0. The molecule has 0 heterocycles.